The monoisotopic (exact) mass is 370 g/mol. The van der Waals surface area contributed by atoms with Gasteiger partial charge in [0.25, 0.3) is 5.91 Å². The van der Waals surface area contributed by atoms with Gasteiger partial charge in [-0.2, -0.15) is 0 Å². The van der Waals surface area contributed by atoms with Gasteiger partial charge in [0.15, 0.2) is 0 Å². The fourth-order valence-electron chi connectivity index (χ4n) is 3.82. The molecule has 0 saturated carbocycles. The van der Waals surface area contributed by atoms with Gasteiger partial charge in [-0.1, -0.05) is 11.9 Å². The van der Waals surface area contributed by atoms with Crippen molar-refractivity contribution < 1.29 is 18.9 Å². The highest BCUT2D eigenvalue weighted by molar-refractivity contribution is 6.24. The second-order valence-corrected chi connectivity index (χ2v) is 6.78. The Morgan fingerprint density at radius 1 is 1.22 bits per heavy atom. The minimum Gasteiger partial charge on any atom is -0.494 e. The number of rotatable bonds is 5. The van der Waals surface area contributed by atoms with Crippen LogP contribution in [0.3, 0.4) is 0 Å². The molecule has 1 fully saturated rings. The molecule has 142 valence electrons. The van der Waals surface area contributed by atoms with E-state index in [1.54, 1.807) is 7.05 Å². The number of urea groups is 1. The summed E-state index contributed by atoms with van der Waals surface area (Å²) >= 11 is 0. The normalized spacial score (nSPS) is 21.7. The van der Waals surface area contributed by atoms with Gasteiger partial charge in [-0.3, -0.25) is 14.6 Å². The maximum Gasteiger partial charge on any atom is 0.397 e. The van der Waals surface area contributed by atoms with Crippen molar-refractivity contribution in [3.63, 3.8) is 0 Å². The third-order valence-electron chi connectivity index (χ3n) is 5.10. The Hall–Kier alpha value is -2.90. The summed E-state index contributed by atoms with van der Waals surface area (Å²) in [5, 5.41) is 0. The largest absolute Gasteiger partial charge is 0.494 e. The molecule has 3 amide bonds. The summed E-state index contributed by atoms with van der Waals surface area (Å²) in [6.07, 6.45) is 0.736. The maximum absolute atomic E-state index is 13.0. The average Bonchev–Trinajstić information content (AvgIpc) is 3.24. The number of anilines is 1. The van der Waals surface area contributed by atoms with Crippen molar-refractivity contribution in [1.82, 2.24) is 9.80 Å². The minimum atomic E-state index is -0.512. The number of benzene rings is 1. The van der Waals surface area contributed by atoms with Crippen LogP contribution in [0.1, 0.15) is 20.3 Å². The molecule has 27 heavy (non-hydrogen) atoms. The van der Waals surface area contributed by atoms with Gasteiger partial charge in [0.05, 0.1) is 13.2 Å². The standard InChI is InChI=1S/C19H24N5O3/c1-4-10-24-17(25)15-16(21(3)19(24)26)20-18-22(11-12-23(15)18)13-6-8-14(9-7-13)27-5-2/h6-9,15H,4-5,10-12H2,1-3H3/q+1. The molecule has 1 saturated heterocycles. The van der Waals surface area contributed by atoms with Crippen LogP contribution in [0.4, 0.5) is 10.5 Å². The van der Waals surface area contributed by atoms with Crippen LogP contribution >= 0.6 is 0 Å². The number of likely N-dealkylation sites (N-methyl/N-ethyl adjacent to an activating group) is 1. The first-order valence-corrected chi connectivity index (χ1v) is 9.38. The summed E-state index contributed by atoms with van der Waals surface area (Å²) in [7, 11) is 1.69. The lowest BCUT2D eigenvalue weighted by molar-refractivity contribution is -0.525. The number of hydrogen-bond donors (Lipinski definition) is 0. The number of guanidine groups is 1. The molecular weight excluding hydrogens is 346 g/mol. The summed E-state index contributed by atoms with van der Waals surface area (Å²) < 4.78 is 7.50. The second kappa shape index (κ2) is 6.68. The number of carbonyl (C=O) groups is 2. The first-order valence-electron chi connectivity index (χ1n) is 9.38. The van der Waals surface area contributed by atoms with E-state index in [2.05, 4.69) is 9.89 Å². The van der Waals surface area contributed by atoms with Gasteiger partial charge in [-0.05, 0) is 37.6 Å². The molecule has 8 nitrogen and oxygen atoms in total. The number of ether oxygens (including phenoxy) is 1. The van der Waals surface area contributed by atoms with Gasteiger partial charge >= 0.3 is 12.0 Å². The first-order chi connectivity index (χ1) is 13.1. The Kier molecular flexibility index (Phi) is 4.33. The Labute approximate surface area is 158 Å². The molecule has 1 aromatic rings. The molecule has 0 N–H and O–H groups in total. The highest BCUT2D eigenvalue weighted by Gasteiger charge is 2.55. The van der Waals surface area contributed by atoms with Gasteiger partial charge in [0.1, 0.15) is 18.0 Å². The highest BCUT2D eigenvalue weighted by atomic mass is 16.5. The number of imide groups is 1. The van der Waals surface area contributed by atoms with Crippen molar-refractivity contribution in [1.29, 1.82) is 0 Å². The van der Waals surface area contributed by atoms with Crippen LogP contribution in [0.2, 0.25) is 0 Å². The molecular formula is C19H24N5O3+. The fourth-order valence-corrected chi connectivity index (χ4v) is 3.82. The Bertz CT molecular complexity index is 845. The molecule has 3 aliphatic rings. The Morgan fingerprint density at radius 2 is 1.96 bits per heavy atom. The number of fused-ring (bicyclic) bond motifs is 2. The molecule has 1 unspecified atom stereocenters. The van der Waals surface area contributed by atoms with Gasteiger partial charge in [-0.15, -0.1) is 0 Å². The lowest BCUT2D eigenvalue weighted by atomic mass is 10.1. The lowest BCUT2D eigenvalue weighted by Crippen LogP contribution is -2.62. The maximum atomic E-state index is 13.0. The molecule has 0 aliphatic carbocycles. The van der Waals surface area contributed by atoms with Crippen LogP contribution in [-0.2, 0) is 4.79 Å². The van der Waals surface area contributed by atoms with E-state index in [0.29, 0.717) is 25.5 Å². The van der Waals surface area contributed by atoms with E-state index in [-0.39, 0.29) is 11.9 Å². The van der Waals surface area contributed by atoms with Crippen LogP contribution in [0.5, 0.6) is 5.75 Å². The van der Waals surface area contributed by atoms with E-state index in [9.17, 15) is 9.59 Å². The quantitative estimate of drug-likeness (QED) is 0.734. The van der Waals surface area contributed by atoms with Gasteiger partial charge < -0.3 is 4.74 Å². The van der Waals surface area contributed by atoms with Gasteiger partial charge in [-0.25, -0.2) is 14.3 Å². The lowest BCUT2D eigenvalue weighted by Gasteiger charge is -2.33. The highest BCUT2D eigenvalue weighted by Crippen LogP contribution is 2.28. The van der Waals surface area contributed by atoms with E-state index in [0.717, 1.165) is 30.4 Å². The van der Waals surface area contributed by atoms with Crippen LogP contribution in [-0.4, -0.2) is 77.4 Å². The number of amidine groups is 1. The predicted octanol–water partition coefficient (Wildman–Crippen LogP) is 1.36. The summed E-state index contributed by atoms with van der Waals surface area (Å²) in [4.78, 5) is 35.1. The average molecular weight is 370 g/mol. The minimum absolute atomic E-state index is 0.178. The van der Waals surface area contributed by atoms with Gasteiger partial charge in [0.2, 0.25) is 11.9 Å². The van der Waals surface area contributed by atoms with E-state index < -0.39 is 6.04 Å². The zero-order valence-electron chi connectivity index (χ0n) is 15.9. The number of hydrogen-bond acceptors (Lipinski definition) is 5. The molecule has 0 aromatic heterocycles. The number of carbonyl (C=O) groups excluding carboxylic acids is 2. The van der Waals surface area contributed by atoms with Crippen molar-refractivity contribution in [3.8, 4) is 5.75 Å². The molecule has 8 heteroatoms. The van der Waals surface area contributed by atoms with Gasteiger partial charge in [0, 0.05) is 13.6 Å². The van der Waals surface area contributed by atoms with Crippen LogP contribution in [0, 0.1) is 0 Å². The van der Waals surface area contributed by atoms with Crippen molar-refractivity contribution in [3.05, 3.63) is 24.3 Å². The van der Waals surface area contributed by atoms with Crippen molar-refractivity contribution >= 4 is 29.4 Å². The molecule has 1 atom stereocenters. The molecule has 3 aliphatic heterocycles. The number of aliphatic imine (C=N–C) groups is 1. The predicted molar refractivity (Wildman–Crippen MR) is 101 cm³/mol. The van der Waals surface area contributed by atoms with E-state index >= 15 is 0 Å². The Morgan fingerprint density at radius 3 is 2.63 bits per heavy atom. The SMILES string of the molecule is CCCN1C(=O)C2C(=NC3=[N+]2CCN3c2ccc(OCC)cc2)N(C)C1=O. The zero-order valence-corrected chi connectivity index (χ0v) is 15.9. The van der Waals surface area contributed by atoms with Crippen molar-refractivity contribution in [2.24, 2.45) is 4.99 Å². The van der Waals surface area contributed by atoms with Crippen molar-refractivity contribution in [2.75, 3.05) is 38.2 Å². The first kappa shape index (κ1) is 17.5. The smallest absolute Gasteiger partial charge is 0.397 e. The summed E-state index contributed by atoms with van der Waals surface area (Å²) in [6, 6.07) is 7.03. The topological polar surface area (TPSA) is 68.5 Å². The molecule has 0 spiro atoms. The molecule has 3 heterocycles. The third-order valence-corrected chi connectivity index (χ3v) is 5.10. The number of amides is 3. The van der Waals surface area contributed by atoms with E-state index in [1.807, 2.05) is 42.7 Å². The second-order valence-electron chi connectivity index (χ2n) is 6.78. The summed E-state index contributed by atoms with van der Waals surface area (Å²) in [6.45, 7) is 6.40. The van der Waals surface area contributed by atoms with Crippen LogP contribution in [0.15, 0.2) is 29.3 Å². The molecule has 0 bridgehead atoms. The van der Waals surface area contributed by atoms with Crippen molar-refractivity contribution in [2.45, 2.75) is 26.3 Å². The van der Waals surface area contributed by atoms with Crippen LogP contribution in [0.25, 0.3) is 0 Å². The number of nitrogens with zero attached hydrogens (tertiary/aromatic N) is 5. The summed E-state index contributed by atoms with van der Waals surface area (Å²) in [5.74, 6) is 1.89. The zero-order chi connectivity index (χ0) is 19.1. The Balaban J connectivity index is 1.66. The summed E-state index contributed by atoms with van der Waals surface area (Å²) in [5.41, 5.74) is 0.991. The molecule has 1 aromatic carbocycles. The van der Waals surface area contributed by atoms with Crippen LogP contribution < -0.4 is 9.64 Å². The van der Waals surface area contributed by atoms with E-state index in [1.165, 1.54) is 9.80 Å². The third kappa shape index (κ3) is 2.67. The fraction of sp³-hybridized carbons (Fsp3) is 0.474. The molecule has 0 radical (unpaired) electrons. The van der Waals surface area contributed by atoms with E-state index in [4.69, 9.17) is 4.74 Å². The molecule has 4 rings (SSSR count).